The SMILES string of the molecule is CO[C@H]1[C@H](O[C@H]2C(O)O[C@@H](CO)[C@@H]2OC)OC[C@@H](O)[C@@H]1O. The minimum Gasteiger partial charge on any atom is -0.394 e. The van der Waals surface area contributed by atoms with Crippen LogP contribution in [0.4, 0.5) is 0 Å². The lowest BCUT2D eigenvalue weighted by Gasteiger charge is -2.38. The quantitative estimate of drug-likeness (QED) is 0.425. The zero-order chi connectivity index (χ0) is 15.6. The molecule has 21 heavy (non-hydrogen) atoms. The van der Waals surface area contributed by atoms with Crippen LogP contribution in [-0.2, 0) is 23.7 Å². The van der Waals surface area contributed by atoms with Crippen LogP contribution in [0.1, 0.15) is 0 Å². The summed E-state index contributed by atoms with van der Waals surface area (Å²) in [4.78, 5) is 0. The molecule has 8 atom stereocenters. The van der Waals surface area contributed by atoms with Gasteiger partial charge in [0.25, 0.3) is 0 Å². The van der Waals surface area contributed by atoms with Crippen molar-refractivity contribution >= 4 is 0 Å². The summed E-state index contributed by atoms with van der Waals surface area (Å²) in [5.41, 5.74) is 0. The van der Waals surface area contributed by atoms with Crippen molar-refractivity contribution in [3.63, 3.8) is 0 Å². The average Bonchev–Trinajstić information content (AvgIpc) is 2.79. The van der Waals surface area contributed by atoms with Gasteiger partial charge in [-0.1, -0.05) is 0 Å². The second kappa shape index (κ2) is 7.27. The fourth-order valence-electron chi connectivity index (χ4n) is 2.57. The van der Waals surface area contributed by atoms with Gasteiger partial charge in [-0.25, -0.2) is 0 Å². The van der Waals surface area contributed by atoms with E-state index in [2.05, 4.69) is 0 Å². The zero-order valence-electron chi connectivity index (χ0n) is 11.9. The molecule has 0 aliphatic carbocycles. The van der Waals surface area contributed by atoms with E-state index < -0.39 is 49.2 Å². The standard InChI is InChI=1S/C12H22O9/c1-17-8-6(3-13)20-11(16)10(8)21-12-9(18-2)7(15)5(14)4-19-12/h5-16H,3-4H2,1-2H3/t5-,6+,7+,8+,9-,10-,11?,12+/m1/s1. The molecule has 1 unspecified atom stereocenters. The van der Waals surface area contributed by atoms with Crippen LogP contribution in [-0.4, -0.2) is 97.1 Å². The number of aliphatic hydroxyl groups excluding tert-OH is 4. The van der Waals surface area contributed by atoms with Gasteiger partial charge in [-0.05, 0) is 0 Å². The maximum Gasteiger partial charge on any atom is 0.187 e. The van der Waals surface area contributed by atoms with Crippen LogP contribution >= 0.6 is 0 Å². The molecule has 0 radical (unpaired) electrons. The van der Waals surface area contributed by atoms with E-state index in [1.807, 2.05) is 0 Å². The van der Waals surface area contributed by atoms with Gasteiger partial charge in [0.15, 0.2) is 12.6 Å². The topological polar surface area (TPSA) is 127 Å². The van der Waals surface area contributed by atoms with Crippen molar-refractivity contribution in [2.45, 2.75) is 49.2 Å². The molecule has 2 aliphatic rings. The molecule has 9 nitrogen and oxygen atoms in total. The van der Waals surface area contributed by atoms with Crippen molar-refractivity contribution in [1.82, 2.24) is 0 Å². The Morgan fingerprint density at radius 3 is 2.29 bits per heavy atom. The Hall–Kier alpha value is -0.360. The van der Waals surface area contributed by atoms with E-state index in [1.165, 1.54) is 14.2 Å². The first-order valence-electron chi connectivity index (χ1n) is 6.66. The third kappa shape index (κ3) is 3.36. The molecule has 0 spiro atoms. The molecule has 0 aromatic rings. The lowest BCUT2D eigenvalue weighted by atomic mass is 10.0. The second-order valence-corrected chi connectivity index (χ2v) is 5.01. The third-order valence-electron chi connectivity index (χ3n) is 3.73. The average molecular weight is 310 g/mol. The van der Waals surface area contributed by atoms with Gasteiger partial charge >= 0.3 is 0 Å². The Morgan fingerprint density at radius 1 is 1.05 bits per heavy atom. The Bertz CT molecular complexity index is 328. The molecule has 0 aromatic carbocycles. The van der Waals surface area contributed by atoms with E-state index in [9.17, 15) is 20.4 Å². The fourth-order valence-corrected chi connectivity index (χ4v) is 2.57. The normalized spacial score (nSPS) is 47.7. The zero-order valence-corrected chi connectivity index (χ0v) is 11.9. The van der Waals surface area contributed by atoms with Crippen LogP contribution in [0.15, 0.2) is 0 Å². The molecule has 0 saturated carbocycles. The molecular formula is C12H22O9. The van der Waals surface area contributed by atoms with Crippen LogP contribution in [0.5, 0.6) is 0 Å². The maximum atomic E-state index is 9.87. The largest absolute Gasteiger partial charge is 0.394 e. The number of aliphatic hydroxyl groups is 4. The predicted octanol–water partition coefficient (Wildman–Crippen LogP) is -2.81. The molecule has 2 rings (SSSR count). The minimum absolute atomic E-state index is 0.129. The molecule has 4 N–H and O–H groups in total. The van der Waals surface area contributed by atoms with E-state index in [4.69, 9.17) is 23.7 Å². The van der Waals surface area contributed by atoms with Crippen LogP contribution in [0.2, 0.25) is 0 Å². The highest BCUT2D eigenvalue weighted by molar-refractivity contribution is 4.91. The minimum atomic E-state index is -1.31. The summed E-state index contributed by atoms with van der Waals surface area (Å²) in [6.45, 7) is -0.466. The van der Waals surface area contributed by atoms with Gasteiger partial charge in [0.2, 0.25) is 0 Å². The summed E-state index contributed by atoms with van der Waals surface area (Å²) in [6, 6.07) is 0. The molecular weight excluding hydrogens is 288 g/mol. The van der Waals surface area contributed by atoms with Crippen LogP contribution < -0.4 is 0 Å². The van der Waals surface area contributed by atoms with Crippen molar-refractivity contribution in [3.05, 3.63) is 0 Å². The molecule has 2 saturated heterocycles. The van der Waals surface area contributed by atoms with E-state index in [0.29, 0.717) is 0 Å². The smallest absolute Gasteiger partial charge is 0.187 e. The lowest BCUT2D eigenvalue weighted by Crippen LogP contribution is -2.56. The van der Waals surface area contributed by atoms with Gasteiger partial charge in [0.1, 0.15) is 36.6 Å². The van der Waals surface area contributed by atoms with Crippen molar-refractivity contribution in [2.75, 3.05) is 27.4 Å². The van der Waals surface area contributed by atoms with Crippen molar-refractivity contribution in [1.29, 1.82) is 0 Å². The van der Waals surface area contributed by atoms with Crippen LogP contribution in [0, 0.1) is 0 Å². The van der Waals surface area contributed by atoms with Crippen molar-refractivity contribution < 1.29 is 44.1 Å². The summed E-state index contributed by atoms with van der Waals surface area (Å²) < 4.78 is 26.3. The summed E-state index contributed by atoms with van der Waals surface area (Å²) in [6.07, 6.45) is -7.84. The van der Waals surface area contributed by atoms with Crippen molar-refractivity contribution in [3.8, 4) is 0 Å². The van der Waals surface area contributed by atoms with E-state index in [1.54, 1.807) is 0 Å². The molecule has 124 valence electrons. The molecule has 9 heteroatoms. The summed E-state index contributed by atoms with van der Waals surface area (Å²) in [5, 5.41) is 38.5. The van der Waals surface area contributed by atoms with E-state index in [-0.39, 0.29) is 13.2 Å². The Labute approximate surface area is 121 Å². The molecule has 0 aromatic heterocycles. The first-order valence-corrected chi connectivity index (χ1v) is 6.66. The maximum absolute atomic E-state index is 9.87. The first kappa shape index (κ1) is 17.0. The van der Waals surface area contributed by atoms with Gasteiger partial charge in [-0.15, -0.1) is 0 Å². The monoisotopic (exact) mass is 310 g/mol. The first-order chi connectivity index (χ1) is 10.0. The van der Waals surface area contributed by atoms with E-state index in [0.717, 1.165) is 0 Å². The number of hydrogen-bond donors (Lipinski definition) is 4. The lowest BCUT2D eigenvalue weighted by molar-refractivity contribution is -0.304. The van der Waals surface area contributed by atoms with Gasteiger partial charge in [-0.2, -0.15) is 0 Å². The number of rotatable bonds is 5. The van der Waals surface area contributed by atoms with Crippen molar-refractivity contribution in [2.24, 2.45) is 0 Å². The third-order valence-corrected chi connectivity index (χ3v) is 3.73. The van der Waals surface area contributed by atoms with Crippen LogP contribution in [0.25, 0.3) is 0 Å². The summed E-state index contributed by atoms with van der Waals surface area (Å²) in [7, 11) is 2.75. The predicted molar refractivity (Wildman–Crippen MR) is 66.2 cm³/mol. The highest BCUT2D eigenvalue weighted by atomic mass is 16.7. The van der Waals surface area contributed by atoms with Gasteiger partial charge in [-0.3, -0.25) is 0 Å². The molecule has 0 bridgehead atoms. The van der Waals surface area contributed by atoms with Gasteiger partial charge in [0.05, 0.1) is 13.2 Å². The fraction of sp³-hybridized carbons (Fsp3) is 1.00. The van der Waals surface area contributed by atoms with Gasteiger partial charge < -0.3 is 44.1 Å². The van der Waals surface area contributed by atoms with Crippen LogP contribution in [0.3, 0.4) is 0 Å². The molecule has 2 heterocycles. The number of hydrogen-bond acceptors (Lipinski definition) is 9. The Balaban J connectivity index is 2.05. The Kier molecular flexibility index (Phi) is 5.88. The highest BCUT2D eigenvalue weighted by Gasteiger charge is 2.49. The van der Waals surface area contributed by atoms with E-state index >= 15 is 0 Å². The summed E-state index contributed by atoms with van der Waals surface area (Å²) >= 11 is 0. The number of ether oxygens (including phenoxy) is 5. The molecule has 2 aliphatic heterocycles. The summed E-state index contributed by atoms with van der Waals surface area (Å²) in [5.74, 6) is 0. The molecule has 0 amide bonds. The number of methoxy groups -OCH3 is 2. The van der Waals surface area contributed by atoms with Gasteiger partial charge in [0, 0.05) is 14.2 Å². The second-order valence-electron chi connectivity index (χ2n) is 5.01. The Morgan fingerprint density at radius 2 is 1.71 bits per heavy atom. The molecule has 2 fully saturated rings. The highest BCUT2D eigenvalue weighted by Crippen LogP contribution is 2.29.